The van der Waals surface area contributed by atoms with Gasteiger partial charge in [0.05, 0.1) is 5.92 Å². The predicted octanol–water partition coefficient (Wildman–Crippen LogP) is 3.73. The van der Waals surface area contributed by atoms with Crippen molar-refractivity contribution in [3.63, 3.8) is 0 Å². The second-order valence-corrected chi connectivity index (χ2v) is 6.86. The first-order valence-electron chi connectivity index (χ1n) is 9.06. The minimum Gasteiger partial charge on any atom is -0.352 e. The van der Waals surface area contributed by atoms with Crippen molar-refractivity contribution in [2.24, 2.45) is 5.92 Å². The normalized spacial score (nSPS) is 20.5. The van der Waals surface area contributed by atoms with Gasteiger partial charge >= 0.3 is 0 Å². The Morgan fingerprint density at radius 2 is 1.88 bits per heavy atom. The van der Waals surface area contributed by atoms with E-state index >= 15 is 0 Å². The SMILES string of the molecule is C=CCN1CC(C(=O)NCc2ccccc2F)CC(c2ccccc2)C1. The molecule has 1 saturated heterocycles. The maximum atomic E-state index is 13.8. The number of nitrogens with zero attached hydrogens (tertiary/aromatic N) is 1. The maximum Gasteiger partial charge on any atom is 0.224 e. The van der Waals surface area contributed by atoms with E-state index in [1.165, 1.54) is 11.6 Å². The number of likely N-dealkylation sites (tertiary alicyclic amines) is 1. The Labute approximate surface area is 154 Å². The molecule has 2 atom stereocenters. The fourth-order valence-electron chi connectivity index (χ4n) is 3.65. The van der Waals surface area contributed by atoms with Crippen LogP contribution in [-0.2, 0) is 11.3 Å². The third kappa shape index (κ3) is 4.58. The first kappa shape index (κ1) is 18.3. The lowest BCUT2D eigenvalue weighted by atomic mass is 9.84. The number of carbonyl (C=O) groups excluding carboxylic acids is 1. The lowest BCUT2D eigenvalue weighted by molar-refractivity contribution is -0.127. The quantitative estimate of drug-likeness (QED) is 0.804. The Morgan fingerprint density at radius 1 is 1.15 bits per heavy atom. The molecule has 136 valence electrons. The molecular weight excluding hydrogens is 327 g/mol. The zero-order chi connectivity index (χ0) is 18.4. The standard InChI is InChI=1S/C22H25FN2O/c1-2-12-25-15-19(17-8-4-3-5-9-17)13-20(16-25)22(26)24-14-18-10-6-7-11-21(18)23/h2-11,19-20H,1,12-16H2,(H,24,26). The number of carbonyl (C=O) groups is 1. The highest BCUT2D eigenvalue weighted by atomic mass is 19.1. The summed E-state index contributed by atoms with van der Waals surface area (Å²) >= 11 is 0. The van der Waals surface area contributed by atoms with Gasteiger partial charge in [0, 0.05) is 31.7 Å². The van der Waals surface area contributed by atoms with E-state index in [-0.39, 0.29) is 24.2 Å². The number of hydrogen-bond acceptors (Lipinski definition) is 2. The van der Waals surface area contributed by atoms with Crippen LogP contribution < -0.4 is 5.32 Å². The van der Waals surface area contributed by atoms with Gasteiger partial charge in [0.15, 0.2) is 0 Å². The molecule has 0 saturated carbocycles. The number of amides is 1. The summed E-state index contributed by atoms with van der Waals surface area (Å²) in [7, 11) is 0. The van der Waals surface area contributed by atoms with Crippen molar-refractivity contribution in [2.75, 3.05) is 19.6 Å². The Balaban J connectivity index is 1.67. The van der Waals surface area contributed by atoms with Crippen LogP contribution in [0.4, 0.5) is 4.39 Å². The molecule has 2 aromatic rings. The summed E-state index contributed by atoms with van der Waals surface area (Å²) in [5.41, 5.74) is 1.77. The summed E-state index contributed by atoms with van der Waals surface area (Å²) in [6, 6.07) is 16.9. The molecule has 1 amide bonds. The van der Waals surface area contributed by atoms with Crippen molar-refractivity contribution in [1.82, 2.24) is 10.2 Å². The molecule has 2 unspecified atom stereocenters. The highest BCUT2D eigenvalue weighted by molar-refractivity contribution is 5.79. The van der Waals surface area contributed by atoms with Crippen molar-refractivity contribution < 1.29 is 9.18 Å². The molecular formula is C22H25FN2O. The fourth-order valence-corrected chi connectivity index (χ4v) is 3.65. The van der Waals surface area contributed by atoms with Crippen LogP contribution in [-0.4, -0.2) is 30.4 Å². The lowest BCUT2D eigenvalue weighted by Crippen LogP contribution is -2.45. The van der Waals surface area contributed by atoms with Crippen LogP contribution in [0.1, 0.15) is 23.5 Å². The molecule has 0 bridgehead atoms. The summed E-state index contributed by atoms with van der Waals surface area (Å²) in [6.45, 7) is 6.44. The highest BCUT2D eigenvalue weighted by Gasteiger charge is 2.31. The molecule has 1 heterocycles. The van der Waals surface area contributed by atoms with E-state index in [9.17, 15) is 9.18 Å². The monoisotopic (exact) mass is 352 g/mol. The Kier molecular flexibility index (Phi) is 6.18. The van der Waals surface area contributed by atoms with Crippen molar-refractivity contribution in [3.05, 3.63) is 84.2 Å². The summed E-state index contributed by atoms with van der Waals surface area (Å²) in [6.07, 6.45) is 2.68. The van der Waals surface area contributed by atoms with E-state index in [2.05, 4.69) is 28.9 Å². The molecule has 1 N–H and O–H groups in total. The Hall–Kier alpha value is -2.46. The Morgan fingerprint density at radius 3 is 2.62 bits per heavy atom. The van der Waals surface area contributed by atoms with Crippen molar-refractivity contribution in [2.45, 2.75) is 18.9 Å². The first-order chi connectivity index (χ1) is 12.7. The van der Waals surface area contributed by atoms with Crippen molar-refractivity contribution in [3.8, 4) is 0 Å². The van der Waals surface area contributed by atoms with Crippen LogP contribution in [0, 0.1) is 11.7 Å². The zero-order valence-corrected chi connectivity index (χ0v) is 14.9. The molecule has 0 spiro atoms. The van der Waals surface area contributed by atoms with Gasteiger partial charge in [0.2, 0.25) is 5.91 Å². The van der Waals surface area contributed by atoms with E-state index in [0.717, 1.165) is 19.5 Å². The largest absolute Gasteiger partial charge is 0.352 e. The molecule has 0 radical (unpaired) electrons. The summed E-state index contributed by atoms with van der Waals surface area (Å²) in [5, 5.41) is 2.91. The average molecular weight is 352 g/mol. The van der Waals surface area contributed by atoms with Gasteiger partial charge in [0.1, 0.15) is 5.82 Å². The topological polar surface area (TPSA) is 32.3 Å². The molecule has 26 heavy (non-hydrogen) atoms. The lowest BCUT2D eigenvalue weighted by Gasteiger charge is -2.37. The Bertz CT molecular complexity index is 747. The summed E-state index contributed by atoms with van der Waals surface area (Å²) in [5.74, 6) is -0.0929. The summed E-state index contributed by atoms with van der Waals surface area (Å²) < 4.78 is 13.8. The van der Waals surface area contributed by atoms with E-state index in [1.807, 2.05) is 24.3 Å². The minimum absolute atomic E-state index is 0.0112. The second-order valence-electron chi connectivity index (χ2n) is 6.86. The van der Waals surface area contributed by atoms with Crippen LogP contribution in [0.15, 0.2) is 67.3 Å². The maximum absolute atomic E-state index is 13.8. The fraction of sp³-hybridized carbons (Fsp3) is 0.318. The zero-order valence-electron chi connectivity index (χ0n) is 14.9. The van der Waals surface area contributed by atoms with Crippen LogP contribution >= 0.6 is 0 Å². The number of benzene rings is 2. The van der Waals surface area contributed by atoms with Gasteiger partial charge in [-0.3, -0.25) is 9.69 Å². The molecule has 3 nitrogen and oxygen atoms in total. The predicted molar refractivity (Wildman–Crippen MR) is 102 cm³/mol. The second kappa shape index (κ2) is 8.77. The molecule has 0 aromatic heterocycles. The molecule has 1 aliphatic heterocycles. The molecule has 0 aliphatic carbocycles. The summed E-state index contributed by atoms with van der Waals surface area (Å²) in [4.78, 5) is 15.0. The molecule has 2 aromatic carbocycles. The van der Waals surface area contributed by atoms with Gasteiger partial charge in [-0.1, -0.05) is 54.6 Å². The van der Waals surface area contributed by atoms with Crippen LogP contribution in [0.5, 0.6) is 0 Å². The molecule has 1 aliphatic rings. The molecule has 1 fully saturated rings. The van der Waals surface area contributed by atoms with Gasteiger partial charge in [-0.05, 0) is 24.0 Å². The number of halogens is 1. The highest BCUT2D eigenvalue weighted by Crippen LogP contribution is 2.30. The van der Waals surface area contributed by atoms with Gasteiger partial charge in [-0.2, -0.15) is 0 Å². The smallest absolute Gasteiger partial charge is 0.224 e. The first-order valence-corrected chi connectivity index (χ1v) is 9.06. The van der Waals surface area contributed by atoms with Crippen LogP contribution in [0.3, 0.4) is 0 Å². The van der Waals surface area contributed by atoms with Gasteiger partial charge in [-0.15, -0.1) is 6.58 Å². The van der Waals surface area contributed by atoms with Gasteiger partial charge in [-0.25, -0.2) is 4.39 Å². The van der Waals surface area contributed by atoms with Gasteiger partial charge < -0.3 is 5.32 Å². The number of piperidine rings is 1. The molecule has 3 rings (SSSR count). The minimum atomic E-state index is -0.285. The third-order valence-corrected chi connectivity index (χ3v) is 4.97. The van der Waals surface area contributed by atoms with E-state index in [4.69, 9.17) is 0 Å². The van der Waals surface area contributed by atoms with Crippen LogP contribution in [0.2, 0.25) is 0 Å². The van der Waals surface area contributed by atoms with E-state index in [1.54, 1.807) is 18.2 Å². The van der Waals surface area contributed by atoms with E-state index < -0.39 is 0 Å². The van der Waals surface area contributed by atoms with Crippen molar-refractivity contribution in [1.29, 1.82) is 0 Å². The van der Waals surface area contributed by atoms with Crippen molar-refractivity contribution >= 4 is 5.91 Å². The molecule has 4 heteroatoms. The number of hydrogen-bond donors (Lipinski definition) is 1. The van der Waals surface area contributed by atoms with Crippen LogP contribution in [0.25, 0.3) is 0 Å². The number of rotatable bonds is 6. The van der Waals surface area contributed by atoms with Gasteiger partial charge in [0.25, 0.3) is 0 Å². The average Bonchev–Trinajstić information content (AvgIpc) is 2.68. The number of nitrogens with one attached hydrogen (secondary N) is 1. The third-order valence-electron chi connectivity index (χ3n) is 4.97. The van der Waals surface area contributed by atoms with E-state index in [0.29, 0.717) is 18.0 Å².